The number of para-hydroxylation sites is 1. The van der Waals surface area contributed by atoms with E-state index in [9.17, 15) is 9.59 Å². The summed E-state index contributed by atoms with van der Waals surface area (Å²) in [5, 5.41) is 9.74. The fourth-order valence-corrected chi connectivity index (χ4v) is 1.63. The standard InChI is InChI=1S/C13H15N3O2/c1-13(2,3)14-12(18)10-11(17)8-6-4-5-7-9(8)15-16-10/h4-7H,1-3H3,(H,14,18)(H,15,17). The largest absolute Gasteiger partial charge is 0.346 e. The molecule has 94 valence electrons. The molecule has 0 saturated heterocycles. The van der Waals surface area contributed by atoms with Crippen LogP contribution in [0.3, 0.4) is 0 Å². The lowest BCUT2D eigenvalue weighted by Gasteiger charge is -2.19. The lowest BCUT2D eigenvalue weighted by molar-refractivity contribution is 0.0912. The molecule has 0 fully saturated rings. The molecule has 0 aliphatic heterocycles. The van der Waals surface area contributed by atoms with Gasteiger partial charge in [0.2, 0.25) is 5.43 Å². The predicted octanol–water partition coefficient (Wildman–Crippen LogP) is 1.45. The average molecular weight is 245 g/mol. The molecule has 5 nitrogen and oxygen atoms in total. The SMILES string of the molecule is CC(C)(C)NC(=O)c1n[nH]c2ccccc2c1=O. The van der Waals surface area contributed by atoms with Crippen LogP contribution in [0.25, 0.3) is 10.9 Å². The molecule has 0 bridgehead atoms. The first-order valence-corrected chi connectivity index (χ1v) is 5.68. The Morgan fingerprint density at radius 2 is 1.94 bits per heavy atom. The quantitative estimate of drug-likeness (QED) is 0.798. The highest BCUT2D eigenvalue weighted by Gasteiger charge is 2.19. The van der Waals surface area contributed by atoms with Gasteiger partial charge in [-0.05, 0) is 32.9 Å². The number of fused-ring (bicyclic) bond motifs is 1. The Hall–Kier alpha value is -2.17. The van der Waals surface area contributed by atoms with E-state index >= 15 is 0 Å². The lowest BCUT2D eigenvalue weighted by Crippen LogP contribution is -2.43. The maximum absolute atomic E-state index is 12.1. The van der Waals surface area contributed by atoms with Crippen molar-refractivity contribution in [3.8, 4) is 0 Å². The van der Waals surface area contributed by atoms with E-state index in [2.05, 4.69) is 15.5 Å². The Balaban J connectivity index is 2.50. The minimum Gasteiger partial charge on any atom is -0.346 e. The van der Waals surface area contributed by atoms with Crippen LogP contribution in [0.1, 0.15) is 31.3 Å². The van der Waals surface area contributed by atoms with E-state index in [4.69, 9.17) is 0 Å². The summed E-state index contributed by atoms with van der Waals surface area (Å²) in [6.07, 6.45) is 0. The maximum atomic E-state index is 12.1. The van der Waals surface area contributed by atoms with Crippen molar-refractivity contribution in [2.45, 2.75) is 26.3 Å². The molecule has 18 heavy (non-hydrogen) atoms. The Bertz CT molecular complexity index is 653. The zero-order valence-electron chi connectivity index (χ0n) is 10.6. The zero-order valence-corrected chi connectivity index (χ0v) is 10.6. The second-order valence-corrected chi connectivity index (χ2v) is 5.15. The molecule has 5 heteroatoms. The van der Waals surface area contributed by atoms with Gasteiger partial charge in [0.25, 0.3) is 5.91 Å². The molecule has 1 aromatic heterocycles. The third-order valence-corrected chi connectivity index (χ3v) is 2.38. The van der Waals surface area contributed by atoms with Gasteiger partial charge >= 0.3 is 0 Å². The summed E-state index contributed by atoms with van der Waals surface area (Å²) in [5.74, 6) is -0.463. The molecule has 0 radical (unpaired) electrons. The van der Waals surface area contributed by atoms with Gasteiger partial charge in [0.05, 0.1) is 5.52 Å². The fourth-order valence-electron chi connectivity index (χ4n) is 1.63. The van der Waals surface area contributed by atoms with E-state index in [0.717, 1.165) is 0 Å². The first-order valence-electron chi connectivity index (χ1n) is 5.68. The number of nitrogens with zero attached hydrogens (tertiary/aromatic N) is 1. The molecule has 2 rings (SSSR count). The highest BCUT2D eigenvalue weighted by molar-refractivity contribution is 5.95. The highest BCUT2D eigenvalue weighted by atomic mass is 16.2. The molecular weight excluding hydrogens is 230 g/mol. The highest BCUT2D eigenvalue weighted by Crippen LogP contribution is 2.06. The van der Waals surface area contributed by atoms with E-state index < -0.39 is 11.4 Å². The van der Waals surface area contributed by atoms with Crippen molar-refractivity contribution in [3.63, 3.8) is 0 Å². The number of carbonyl (C=O) groups is 1. The fraction of sp³-hybridized carbons (Fsp3) is 0.308. The van der Waals surface area contributed by atoms with E-state index in [0.29, 0.717) is 10.9 Å². The summed E-state index contributed by atoms with van der Waals surface area (Å²) < 4.78 is 0. The average Bonchev–Trinajstić information content (AvgIpc) is 2.27. The van der Waals surface area contributed by atoms with Crippen LogP contribution in [0.5, 0.6) is 0 Å². The van der Waals surface area contributed by atoms with Crippen LogP contribution in [-0.2, 0) is 0 Å². The molecule has 0 aliphatic carbocycles. The van der Waals surface area contributed by atoms with Crippen molar-refractivity contribution < 1.29 is 4.79 Å². The van der Waals surface area contributed by atoms with Crippen LogP contribution in [0.15, 0.2) is 29.1 Å². The van der Waals surface area contributed by atoms with Gasteiger partial charge in [-0.15, -0.1) is 0 Å². The Morgan fingerprint density at radius 1 is 1.28 bits per heavy atom. The first-order chi connectivity index (χ1) is 8.38. The second kappa shape index (κ2) is 4.25. The molecule has 1 heterocycles. The Labute approximate surface area is 104 Å². The van der Waals surface area contributed by atoms with Gasteiger partial charge in [-0.25, -0.2) is 0 Å². The molecule has 1 aromatic carbocycles. The predicted molar refractivity (Wildman–Crippen MR) is 69.6 cm³/mol. The number of amides is 1. The van der Waals surface area contributed by atoms with Crippen molar-refractivity contribution in [2.24, 2.45) is 0 Å². The van der Waals surface area contributed by atoms with Crippen LogP contribution in [0.2, 0.25) is 0 Å². The Kier molecular flexibility index (Phi) is 2.90. The molecule has 0 spiro atoms. The van der Waals surface area contributed by atoms with Gasteiger partial charge in [-0.2, -0.15) is 5.10 Å². The monoisotopic (exact) mass is 245 g/mol. The first kappa shape index (κ1) is 12.3. The summed E-state index contributed by atoms with van der Waals surface area (Å²) in [7, 11) is 0. The molecule has 0 atom stereocenters. The molecule has 0 unspecified atom stereocenters. The van der Waals surface area contributed by atoms with E-state index in [1.54, 1.807) is 24.3 Å². The van der Waals surface area contributed by atoms with Gasteiger partial charge in [0.1, 0.15) is 0 Å². The maximum Gasteiger partial charge on any atom is 0.276 e. The molecule has 2 N–H and O–H groups in total. The number of carbonyl (C=O) groups excluding carboxylic acids is 1. The normalized spacial score (nSPS) is 11.5. The second-order valence-electron chi connectivity index (χ2n) is 5.15. The summed E-state index contributed by atoms with van der Waals surface area (Å²) in [6.45, 7) is 5.54. The summed E-state index contributed by atoms with van der Waals surface area (Å²) in [6, 6.07) is 6.97. The molecule has 2 aromatic rings. The lowest BCUT2D eigenvalue weighted by atomic mass is 10.1. The van der Waals surface area contributed by atoms with E-state index in [1.165, 1.54) is 0 Å². The van der Waals surface area contributed by atoms with Gasteiger partial charge in [0, 0.05) is 10.9 Å². The third kappa shape index (κ3) is 2.40. The smallest absolute Gasteiger partial charge is 0.276 e. The molecule has 0 aliphatic rings. The third-order valence-electron chi connectivity index (χ3n) is 2.38. The number of nitrogens with one attached hydrogen (secondary N) is 2. The summed E-state index contributed by atoms with van der Waals surface area (Å²) >= 11 is 0. The van der Waals surface area contributed by atoms with Crippen molar-refractivity contribution in [3.05, 3.63) is 40.2 Å². The number of rotatable bonds is 1. The topological polar surface area (TPSA) is 74.8 Å². The number of aromatic amines is 1. The van der Waals surface area contributed by atoms with E-state index in [1.807, 2.05) is 20.8 Å². The molecular formula is C13H15N3O2. The number of hydrogen-bond acceptors (Lipinski definition) is 3. The summed E-state index contributed by atoms with van der Waals surface area (Å²) in [4.78, 5) is 24.0. The molecule has 1 amide bonds. The number of aromatic nitrogens is 2. The van der Waals surface area contributed by atoms with Gasteiger partial charge in [-0.1, -0.05) is 12.1 Å². The van der Waals surface area contributed by atoms with Gasteiger partial charge in [0.15, 0.2) is 5.69 Å². The minimum atomic E-state index is -0.463. The van der Waals surface area contributed by atoms with Crippen LogP contribution in [-0.4, -0.2) is 21.6 Å². The van der Waals surface area contributed by atoms with E-state index in [-0.39, 0.29) is 11.1 Å². The van der Waals surface area contributed by atoms with Gasteiger partial charge < -0.3 is 5.32 Å². The zero-order chi connectivity index (χ0) is 13.3. The Morgan fingerprint density at radius 3 is 2.61 bits per heavy atom. The summed E-state index contributed by atoms with van der Waals surface area (Å²) in [5.41, 5.74) is -0.249. The van der Waals surface area contributed by atoms with Gasteiger partial charge in [-0.3, -0.25) is 14.7 Å². The van der Waals surface area contributed by atoms with Crippen molar-refractivity contribution in [1.82, 2.24) is 15.5 Å². The minimum absolute atomic E-state index is 0.108. The number of H-pyrrole nitrogens is 1. The van der Waals surface area contributed by atoms with Crippen LogP contribution >= 0.6 is 0 Å². The van der Waals surface area contributed by atoms with Crippen molar-refractivity contribution in [2.75, 3.05) is 0 Å². The van der Waals surface area contributed by atoms with Crippen molar-refractivity contribution >= 4 is 16.8 Å². The van der Waals surface area contributed by atoms with Crippen LogP contribution < -0.4 is 10.7 Å². The van der Waals surface area contributed by atoms with Crippen LogP contribution in [0.4, 0.5) is 0 Å². The van der Waals surface area contributed by atoms with Crippen LogP contribution in [0, 0.1) is 0 Å². The molecule has 0 saturated carbocycles. The van der Waals surface area contributed by atoms with Crippen molar-refractivity contribution in [1.29, 1.82) is 0 Å². The number of benzene rings is 1. The number of hydrogen-bond donors (Lipinski definition) is 2.